The maximum absolute atomic E-state index is 11.8. The number of nitrogens with one attached hydrogen (secondary N) is 1. The summed E-state index contributed by atoms with van der Waals surface area (Å²) in [6, 6.07) is -0.111. The molecule has 0 bridgehead atoms. The summed E-state index contributed by atoms with van der Waals surface area (Å²) in [4.78, 5) is 26.4. The third kappa shape index (κ3) is 2.51. The highest BCUT2D eigenvalue weighted by atomic mass is 16.2. The predicted octanol–water partition coefficient (Wildman–Crippen LogP) is -1.04. The molecule has 0 aromatic heterocycles. The van der Waals surface area contributed by atoms with Crippen LogP contribution in [0.5, 0.6) is 0 Å². The van der Waals surface area contributed by atoms with Gasteiger partial charge in [0.2, 0.25) is 5.91 Å². The van der Waals surface area contributed by atoms with Gasteiger partial charge < -0.3 is 11.1 Å². The van der Waals surface area contributed by atoms with Crippen LogP contribution < -0.4 is 11.1 Å². The molecule has 2 aliphatic heterocycles. The van der Waals surface area contributed by atoms with E-state index in [0.29, 0.717) is 19.6 Å². The zero-order valence-corrected chi connectivity index (χ0v) is 9.32. The molecule has 2 fully saturated rings. The number of nitrogens with zero attached hydrogens (tertiary/aromatic N) is 2. The lowest BCUT2D eigenvalue weighted by atomic mass is 10.1. The number of imide groups is 1. The highest BCUT2D eigenvalue weighted by molar-refractivity contribution is 5.96. The summed E-state index contributed by atoms with van der Waals surface area (Å²) in [5.41, 5.74) is 5.84. The molecular weight excluding hydrogens is 208 g/mol. The van der Waals surface area contributed by atoms with Gasteiger partial charge in [-0.15, -0.1) is 0 Å². The lowest BCUT2D eigenvalue weighted by molar-refractivity contribution is -0.129. The molecule has 0 aromatic rings. The van der Waals surface area contributed by atoms with Crippen LogP contribution in [0, 0.1) is 0 Å². The summed E-state index contributed by atoms with van der Waals surface area (Å²) in [6.45, 7) is 3.00. The first-order chi connectivity index (χ1) is 7.66. The molecular formula is C10H18N4O2. The fourth-order valence-corrected chi connectivity index (χ4v) is 2.22. The highest BCUT2D eigenvalue weighted by Gasteiger charge is 2.28. The summed E-state index contributed by atoms with van der Waals surface area (Å²) in [7, 11) is 0. The number of hydrogen-bond acceptors (Lipinski definition) is 4. The number of carbonyl (C=O) groups excluding carboxylic acids is 2. The number of urea groups is 1. The summed E-state index contributed by atoms with van der Waals surface area (Å²) in [5.74, 6) is -0.121. The van der Waals surface area contributed by atoms with Gasteiger partial charge in [-0.3, -0.25) is 14.6 Å². The fourth-order valence-electron chi connectivity index (χ4n) is 2.22. The van der Waals surface area contributed by atoms with Crippen molar-refractivity contribution < 1.29 is 9.59 Å². The van der Waals surface area contributed by atoms with E-state index in [2.05, 4.69) is 5.32 Å². The fraction of sp³-hybridized carbons (Fsp3) is 0.800. The minimum absolute atomic E-state index is 0.121. The second kappa shape index (κ2) is 4.80. The topological polar surface area (TPSA) is 78.7 Å². The van der Waals surface area contributed by atoms with Crippen LogP contribution in [0.15, 0.2) is 0 Å². The van der Waals surface area contributed by atoms with E-state index in [0.717, 1.165) is 25.9 Å². The van der Waals surface area contributed by atoms with Gasteiger partial charge in [-0.25, -0.2) is 4.79 Å². The van der Waals surface area contributed by atoms with Gasteiger partial charge in [0, 0.05) is 25.7 Å². The van der Waals surface area contributed by atoms with Gasteiger partial charge >= 0.3 is 6.03 Å². The Labute approximate surface area is 94.7 Å². The second-order valence-electron chi connectivity index (χ2n) is 4.41. The molecule has 3 N–H and O–H groups in total. The molecule has 0 aliphatic carbocycles. The summed E-state index contributed by atoms with van der Waals surface area (Å²) < 4.78 is 0. The van der Waals surface area contributed by atoms with Gasteiger partial charge in [0.25, 0.3) is 0 Å². The molecule has 1 atom stereocenters. The van der Waals surface area contributed by atoms with Crippen LogP contribution in [0.25, 0.3) is 0 Å². The van der Waals surface area contributed by atoms with Crippen LogP contribution >= 0.6 is 0 Å². The third-order valence-electron chi connectivity index (χ3n) is 3.06. The standard InChI is InChI=1S/C10H18N4O2/c11-8-2-1-4-13(6-8)7-9(15)14-5-3-12-10(14)16/h8H,1-7,11H2,(H,12,16). The van der Waals surface area contributed by atoms with E-state index in [1.807, 2.05) is 4.90 Å². The van der Waals surface area contributed by atoms with Crippen molar-refractivity contribution in [1.82, 2.24) is 15.1 Å². The van der Waals surface area contributed by atoms with Crippen LogP contribution in [0.1, 0.15) is 12.8 Å². The van der Waals surface area contributed by atoms with Crippen molar-refractivity contribution in [3.63, 3.8) is 0 Å². The normalized spacial score (nSPS) is 26.9. The van der Waals surface area contributed by atoms with Crippen molar-refractivity contribution in [3.05, 3.63) is 0 Å². The van der Waals surface area contributed by atoms with Crippen LogP contribution in [-0.4, -0.2) is 60.5 Å². The largest absolute Gasteiger partial charge is 0.336 e. The Kier molecular flexibility index (Phi) is 3.40. The first-order valence-electron chi connectivity index (χ1n) is 5.73. The molecule has 1 unspecified atom stereocenters. The Balaban J connectivity index is 1.84. The molecule has 0 spiro atoms. The van der Waals surface area contributed by atoms with E-state index in [1.165, 1.54) is 4.90 Å². The van der Waals surface area contributed by atoms with Crippen LogP contribution in [0.4, 0.5) is 4.79 Å². The predicted molar refractivity (Wildman–Crippen MR) is 58.8 cm³/mol. The van der Waals surface area contributed by atoms with Crippen molar-refractivity contribution in [2.45, 2.75) is 18.9 Å². The van der Waals surface area contributed by atoms with Crippen molar-refractivity contribution >= 4 is 11.9 Å². The lowest BCUT2D eigenvalue weighted by Gasteiger charge is -2.30. The Morgan fingerprint density at radius 2 is 2.31 bits per heavy atom. The van der Waals surface area contributed by atoms with Gasteiger partial charge in [-0.2, -0.15) is 0 Å². The second-order valence-corrected chi connectivity index (χ2v) is 4.41. The summed E-state index contributed by atoms with van der Waals surface area (Å²) in [5, 5.41) is 2.62. The SMILES string of the molecule is NC1CCCN(CC(=O)N2CCNC2=O)C1. The highest BCUT2D eigenvalue weighted by Crippen LogP contribution is 2.08. The number of carbonyl (C=O) groups is 2. The van der Waals surface area contributed by atoms with Crippen LogP contribution in [0.3, 0.4) is 0 Å². The van der Waals surface area contributed by atoms with E-state index < -0.39 is 0 Å². The quantitative estimate of drug-likeness (QED) is 0.630. The van der Waals surface area contributed by atoms with E-state index in [1.54, 1.807) is 0 Å². The first kappa shape index (κ1) is 11.3. The third-order valence-corrected chi connectivity index (χ3v) is 3.06. The smallest absolute Gasteiger partial charge is 0.324 e. The average molecular weight is 226 g/mol. The molecule has 2 saturated heterocycles. The zero-order valence-electron chi connectivity index (χ0n) is 9.32. The van der Waals surface area contributed by atoms with Crippen molar-refractivity contribution in [2.24, 2.45) is 5.73 Å². The number of rotatable bonds is 2. The lowest BCUT2D eigenvalue weighted by Crippen LogP contribution is -2.48. The minimum atomic E-state index is -0.272. The molecule has 6 heteroatoms. The number of amides is 3. The maximum atomic E-state index is 11.8. The number of piperidine rings is 1. The van der Waals surface area contributed by atoms with Crippen molar-refractivity contribution in [3.8, 4) is 0 Å². The molecule has 16 heavy (non-hydrogen) atoms. The Morgan fingerprint density at radius 1 is 1.50 bits per heavy atom. The summed E-state index contributed by atoms with van der Waals surface area (Å²) >= 11 is 0. The van der Waals surface area contributed by atoms with E-state index in [-0.39, 0.29) is 18.0 Å². The zero-order chi connectivity index (χ0) is 11.5. The van der Waals surface area contributed by atoms with Gasteiger partial charge in [-0.1, -0.05) is 0 Å². The molecule has 2 aliphatic rings. The molecule has 3 amide bonds. The molecule has 2 heterocycles. The number of nitrogens with two attached hydrogens (primary N) is 1. The first-order valence-corrected chi connectivity index (χ1v) is 5.73. The monoisotopic (exact) mass is 226 g/mol. The van der Waals surface area contributed by atoms with Crippen molar-refractivity contribution in [1.29, 1.82) is 0 Å². The van der Waals surface area contributed by atoms with Gasteiger partial charge in [0.15, 0.2) is 0 Å². The van der Waals surface area contributed by atoms with Gasteiger partial charge in [-0.05, 0) is 19.4 Å². The number of hydrogen-bond donors (Lipinski definition) is 2. The average Bonchev–Trinajstić information content (AvgIpc) is 2.64. The Bertz CT molecular complexity index is 295. The molecule has 0 radical (unpaired) electrons. The Morgan fingerprint density at radius 3 is 2.94 bits per heavy atom. The van der Waals surface area contributed by atoms with Crippen LogP contribution in [-0.2, 0) is 4.79 Å². The van der Waals surface area contributed by atoms with Crippen LogP contribution in [0.2, 0.25) is 0 Å². The number of likely N-dealkylation sites (tertiary alicyclic amines) is 1. The summed E-state index contributed by atoms with van der Waals surface area (Å²) in [6.07, 6.45) is 2.05. The maximum Gasteiger partial charge on any atom is 0.324 e. The van der Waals surface area contributed by atoms with E-state index in [4.69, 9.17) is 5.73 Å². The van der Waals surface area contributed by atoms with E-state index in [9.17, 15) is 9.59 Å². The molecule has 0 aromatic carbocycles. The van der Waals surface area contributed by atoms with Gasteiger partial charge in [0.05, 0.1) is 6.54 Å². The van der Waals surface area contributed by atoms with E-state index >= 15 is 0 Å². The minimum Gasteiger partial charge on any atom is -0.336 e. The van der Waals surface area contributed by atoms with Crippen molar-refractivity contribution in [2.75, 3.05) is 32.7 Å². The molecule has 2 rings (SSSR count). The molecule has 0 saturated carbocycles. The molecule has 6 nitrogen and oxygen atoms in total. The Hall–Kier alpha value is -1.14. The van der Waals surface area contributed by atoms with Gasteiger partial charge in [0.1, 0.15) is 0 Å². The molecule has 90 valence electrons.